The third-order valence-electron chi connectivity index (χ3n) is 3.86. The van der Waals surface area contributed by atoms with E-state index in [1.165, 1.54) is 11.8 Å². The van der Waals surface area contributed by atoms with Crippen molar-refractivity contribution in [1.82, 2.24) is 14.5 Å². The lowest BCUT2D eigenvalue weighted by Gasteiger charge is -2.30. The highest BCUT2D eigenvalue weighted by atomic mass is 32.2. The number of imidazole rings is 1. The van der Waals surface area contributed by atoms with Crippen LogP contribution in [0.1, 0.15) is 27.7 Å². The van der Waals surface area contributed by atoms with Crippen molar-refractivity contribution in [2.45, 2.75) is 51.5 Å². The molecule has 0 atom stereocenters. The highest BCUT2D eigenvalue weighted by Gasteiger charge is 2.21. The predicted molar refractivity (Wildman–Crippen MR) is 99.5 cm³/mol. The number of thioether (sulfide) groups is 1. The third-order valence-corrected chi connectivity index (χ3v) is 4.83. The molecule has 1 amide bonds. The fourth-order valence-electron chi connectivity index (χ4n) is 2.94. The Kier molecular flexibility index (Phi) is 6.69. The number of nitrogens with zero attached hydrogens (tertiary/aromatic N) is 3. The van der Waals surface area contributed by atoms with Crippen LogP contribution in [0.25, 0.3) is 11.0 Å². The predicted octanol–water partition coefficient (Wildman–Crippen LogP) is 3.42. The maximum atomic E-state index is 12.6. The van der Waals surface area contributed by atoms with Gasteiger partial charge in [0.05, 0.1) is 23.4 Å². The minimum Gasteiger partial charge on any atom is -0.383 e. The van der Waals surface area contributed by atoms with Gasteiger partial charge in [-0.25, -0.2) is 4.98 Å². The lowest BCUT2D eigenvalue weighted by molar-refractivity contribution is -0.131. The summed E-state index contributed by atoms with van der Waals surface area (Å²) >= 11 is 1.50. The molecule has 24 heavy (non-hydrogen) atoms. The van der Waals surface area contributed by atoms with Crippen LogP contribution in [0.15, 0.2) is 29.4 Å². The number of benzene rings is 1. The largest absolute Gasteiger partial charge is 0.383 e. The highest BCUT2D eigenvalue weighted by Crippen LogP contribution is 2.24. The summed E-state index contributed by atoms with van der Waals surface area (Å²) in [6.07, 6.45) is 0. The van der Waals surface area contributed by atoms with E-state index in [4.69, 9.17) is 4.74 Å². The number of rotatable bonds is 8. The summed E-state index contributed by atoms with van der Waals surface area (Å²) in [4.78, 5) is 19.2. The first-order valence-electron chi connectivity index (χ1n) is 8.33. The van der Waals surface area contributed by atoms with Crippen LogP contribution in [-0.2, 0) is 16.1 Å². The van der Waals surface area contributed by atoms with Gasteiger partial charge in [-0.1, -0.05) is 23.9 Å². The van der Waals surface area contributed by atoms with Gasteiger partial charge in [-0.15, -0.1) is 0 Å². The van der Waals surface area contributed by atoms with Gasteiger partial charge >= 0.3 is 0 Å². The van der Waals surface area contributed by atoms with Crippen LogP contribution in [-0.4, -0.2) is 51.9 Å². The van der Waals surface area contributed by atoms with Gasteiger partial charge in [-0.3, -0.25) is 4.79 Å². The Labute approximate surface area is 148 Å². The zero-order chi connectivity index (χ0) is 17.7. The van der Waals surface area contributed by atoms with Gasteiger partial charge in [-0.05, 0) is 39.8 Å². The average Bonchev–Trinajstić information content (AvgIpc) is 2.87. The normalized spacial score (nSPS) is 11.6. The van der Waals surface area contributed by atoms with Crippen molar-refractivity contribution in [2.24, 2.45) is 0 Å². The number of hydrogen-bond acceptors (Lipinski definition) is 4. The fourth-order valence-corrected chi connectivity index (χ4v) is 3.85. The van der Waals surface area contributed by atoms with E-state index < -0.39 is 0 Å². The minimum atomic E-state index is 0.148. The van der Waals surface area contributed by atoms with E-state index in [1.807, 2.05) is 23.1 Å². The molecule has 0 N–H and O–H groups in total. The molecule has 5 nitrogen and oxygen atoms in total. The molecule has 1 aromatic carbocycles. The van der Waals surface area contributed by atoms with Crippen LogP contribution < -0.4 is 0 Å². The topological polar surface area (TPSA) is 47.4 Å². The van der Waals surface area contributed by atoms with Gasteiger partial charge in [0.2, 0.25) is 5.91 Å². The molecule has 0 aliphatic carbocycles. The molecule has 0 spiro atoms. The second-order valence-corrected chi connectivity index (χ2v) is 7.25. The van der Waals surface area contributed by atoms with E-state index in [2.05, 4.69) is 43.3 Å². The Morgan fingerprint density at radius 2 is 1.92 bits per heavy atom. The lowest BCUT2D eigenvalue weighted by Crippen LogP contribution is -2.43. The van der Waals surface area contributed by atoms with Crippen molar-refractivity contribution in [3.63, 3.8) is 0 Å². The van der Waals surface area contributed by atoms with E-state index in [0.717, 1.165) is 22.7 Å². The summed E-state index contributed by atoms with van der Waals surface area (Å²) < 4.78 is 7.34. The van der Waals surface area contributed by atoms with Crippen LogP contribution >= 0.6 is 11.8 Å². The SMILES string of the molecule is COCCn1c(SCC(=O)N(C(C)C)C(C)C)nc2ccccc21. The second kappa shape index (κ2) is 8.53. The number of carbonyl (C=O) groups is 1. The maximum absolute atomic E-state index is 12.6. The Morgan fingerprint density at radius 1 is 1.25 bits per heavy atom. The van der Waals surface area contributed by atoms with Crippen LogP contribution in [0.4, 0.5) is 0 Å². The molecule has 0 unspecified atom stereocenters. The van der Waals surface area contributed by atoms with Crippen LogP contribution in [0.5, 0.6) is 0 Å². The smallest absolute Gasteiger partial charge is 0.233 e. The zero-order valence-electron chi connectivity index (χ0n) is 15.2. The number of methoxy groups -OCH3 is 1. The Morgan fingerprint density at radius 3 is 2.54 bits per heavy atom. The first-order chi connectivity index (χ1) is 11.5. The summed E-state index contributed by atoms with van der Waals surface area (Å²) in [6.45, 7) is 9.55. The maximum Gasteiger partial charge on any atom is 0.233 e. The number of carbonyl (C=O) groups excluding carboxylic acids is 1. The van der Waals surface area contributed by atoms with Crippen LogP contribution in [0, 0.1) is 0 Å². The molecule has 0 saturated heterocycles. The van der Waals surface area contributed by atoms with Gasteiger partial charge < -0.3 is 14.2 Å². The van der Waals surface area contributed by atoms with E-state index in [0.29, 0.717) is 12.4 Å². The van der Waals surface area contributed by atoms with Crippen molar-refractivity contribution in [3.05, 3.63) is 24.3 Å². The van der Waals surface area contributed by atoms with Crippen molar-refractivity contribution in [1.29, 1.82) is 0 Å². The summed E-state index contributed by atoms with van der Waals surface area (Å²) in [5, 5.41) is 0.870. The summed E-state index contributed by atoms with van der Waals surface area (Å²) in [5.41, 5.74) is 2.03. The van der Waals surface area contributed by atoms with Crippen LogP contribution in [0.2, 0.25) is 0 Å². The molecule has 0 radical (unpaired) electrons. The number of para-hydroxylation sites is 2. The number of amides is 1. The average molecular weight is 350 g/mol. The van der Waals surface area contributed by atoms with Crippen molar-refractivity contribution in [2.75, 3.05) is 19.5 Å². The molecule has 6 heteroatoms. The Bertz CT molecular complexity index is 674. The Balaban J connectivity index is 2.18. The van der Waals surface area contributed by atoms with Crippen LogP contribution in [0.3, 0.4) is 0 Å². The summed E-state index contributed by atoms with van der Waals surface area (Å²) in [5.74, 6) is 0.544. The molecular formula is C18H27N3O2S. The first kappa shape index (κ1) is 18.8. The summed E-state index contributed by atoms with van der Waals surface area (Å²) in [6, 6.07) is 8.44. The number of fused-ring (bicyclic) bond motifs is 1. The molecule has 0 aliphatic heterocycles. The quantitative estimate of drug-likeness (QED) is 0.685. The van der Waals surface area contributed by atoms with Gasteiger partial charge in [0.25, 0.3) is 0 Å². The molecule has 0 saturated carbocycles. The minimum absolute atomic E-state index is 0.148. The van der Waals surface area contributed by atoms with Gasteiger partial charge in [0.15, 0.2) is 5.16 Å². The fraction of sp³-hybridized carbons (Fsp3) is 0.556. The number of ether oxygens (including phenoxy) is 1. The first-order valence-corrected chi connectivity index (χ1v) is 9.32. The van der Waals surface area contributed by atoms with Gasteiger partial charge in [0.1, 0.15) is 0 Å². The molecule has 2 aromatic rings. The van der Waals surface area contributed by atoms with E-state index >= 15 is 0 Å². The zero-order valence-corrected chi connectivity index (χ0v) is 16.0. The second-order valence-electron chi connectivity index (χ2n) is 6.30. The van der Waals surface area contributed by atoms with Crippen molar-refractivity contribution < 1.29 is 9.53 Å². The van der Waals surface area contributed by atoms with E-state index in [9.17, 15) is 4.79 Å². The van der Waals surface area contributed by atoms with E-state index in [-0.39, 0.29) is 18.0 Å². The Hall–Kier alpha value is -1.53. The number of hydrogen-bond donors (Lipinski definition) is 0. The lowest BCUT2D eigenvalue weighted by atomic mass is 10.2. The molecule has 1 aromatic heterocycles. The highest BCUT2D eigenvalue weighted by molar-refractivity contribution is 7.99. The molecule has 0 aliphatic rings. The van der Waals surface area contributed by atoms with Gasteiger partial charge in [-0.2, -0.15) is 0 Å². The standard InChI is InChI=1S/C18H27N3O2S/c1-13(2)21(14(3)4)17(22)12-24-18-19-15-8-6-7-9-16(15)20(18)10-11-23-5/h6-9,13-14H,10-12H2,1-5H3. The summed E-state index contributed by atoms with van der Waals surface area (Å²) in [7, 11) is 1.69. The molecule has 2 rings (SSSR count). The molecular weight excluding hydrogens is 322 g/mol. The van der Waals surface area contributed by atoms with Crippen molar-refractivity contribution >= 4 is 28.7 Å². The number of aromatic nitrogens is 2. The third kappa shape index (κ3) is 4.30. The molecule has 0 fully saturated rings. The molecule has 132 valence electrons. The van der Waals surface area contributed by atoms with E-state index in [1.54, 1.807) is 7.11 Å². The van der Waals surface area contributed by atoms with Crippen molar-refractivity contribution in [3.8, 4) is 0 Å². The molecule has 0 bridgehead atoms. The van der Waals surface area contributed by atoms with Gasteiger partial charge in [0, 0.05) is 25.7 Å². The monoisotopic (exact) mass is 349 g/mol. The molecule has 1 heterocycles.